The highest BCUT2D eigenvalue weighted by Gasteiger charge is 2.10. The Labute approximate surface area is 168 Å². The van der Waals surface area contributed by atoms with Crippen molar-refractivity contribution in [2.75, 3.05) is 5.32 Å². The molecule has 0 saturated carbocycles. The van der Waals surface area contributed by atoms with Crippen molar-refractivity contribution in [3.8, 4) is 5.75 Å². The first kappa shape index (κ1) is 18.9. The molecule has 134 valence electrons. The summed E-state index contributed by atoms with van der Waals surface area (Å²) < 4.78 is 5.80. The minimum atomic E-state index is 0.372. The van der Waals surface area contributed by atoms with Crippen LogP contribution in [0.15, 0.2) is 60.7 Å². The minimum Gasteiger partial charge on any atom is -0.486 e. The normalized spacial score (nSPS) is 10.6. The highest BCUT2D eigenvalue weighted by molar-refractivity contribution is 6.37. The van der Waals surface area contributed by atoms with Crippen LogP contribution in [0, 0.1) is 6.92 Å². The first-order valence-corrected chi connectivity index (χ1v) is 9.31. The number of ether oxygens (including phenoxy) is 1. The molecule has 0 aliphatic rings. The molecule has 0 spiro atoms. The maximum atomic E-state index is 6.38. The van der Waals surface area contributed by atoms with E-state index in [-0.39, 0.29) is 0 Å². The van der Waals surface area contributed by atoms with Crippen LogP contribution in [-0.4, -0.2) is 0 Å². The fraction of sp³-hybridized carbons (Fsp3) is 0.143. The molecule has 0 saturated heterocycles. The second kappa shape index (κ2) is 8.68. The fourth-order valence-corrected chi connectivity index (χ4v) is 3.32. The van der Waals surface area contributed by atoms with Crippen LogP contribution in [0.4, 0.5) is 5.69 Å². The van der Waals surface area contributed by atoms with Crippen molar-refractivity contribution >= 4 is 40.5 Å². The van der Waals surface area contributed by atoms with Gasteiger partial charge in [0.25, 0.3) is 0 Å². The summed E-state index contributed by atoms with van der Waals surface area (Å²) in [6.45, 7) is 3.06. The lowest BCUT2D eigenvalue weighted by molar-refractivity contribution is 0.306. The molecule has 2 nitrogen and oxygen atoms in total. The Morgan fingerprint density at radius 2 is 1.50 bits per heavy atom. The maximum Gasteiger partial charge on any atom is 0.156 e. The van der Waals surface area contributed by atoms with Gasteiger partial charge in [0, 0.05) is 17.3 Å². The Kier molecular flexibility index (Phi) is 6.31. The van der Waals surface area contributed by atoms with E-state index in [1.165, 1.54) is 5.56 Å². The average molecular weight is 407 g/mol. The van der Waals surface area contributed by atoms with Crippen LogP contribution in [0.3, 0.4) is 0 Å². The Morgan fingerprint density at radius 1 is 0.846 bits per heavy atom. The van der Waals surface area contributed by atoms with Crippen molar-refractivity contribution in [2.24, 2.45) is 0 Å². The zero-order valence-corrected chi connectivity index (χ0v) is 16.5. The largest absolute Gasteiger partial charge is 0.486 e. The SMILES string of the molecule is Cc1ccccc1NCc1cc(Cl)c(OCc2ccc(Cl)cc2)c(Cl)c1. The van der Waals surface area contributed by atoms with Crippen molar-refractivity contribution in [2.45, 2.75) is 20.1 Å². The van der Waals surface area contributed by atoms with Crippen LogP contribution in [0.25, 0.3) is 0 Å². The minimum absolute atomic E-state index is 0.372. The van der Waals surface area contributed by atoms with Crippen molar-refractivity contribution in [3.05, 3.63) is 92.4 Å². The predicted octanol–water partition coefficient (Wildman–Crippen LogP) is 7.15. The highest BCUT2D eigenvalue weighted by atomic mass is 35.5. The van der Waals surface area contributed by atoms with E-state index in [0.717, 1.165) is 16.8 Å². The molecule has 0 atom stereocenters. The molecule has 0 bridgehead atoms. The lowest BCUT2D eigenvalue weighted by Crippen LogP contribution is -2.02. The number of anilines is 1. The van der Waals surface area contributed by atoms with E-state index in [2.05, 4.69) is 18.3 Å². The molecule has 0 fully saturated rings. The molecule has 0 amide bonds. The van der Waals surface area contributed by atoms with Gasteiger partial charge < -0.3 is 10.1 Å². The van der Waals surface area contributed by atoms with E-state index in [4.69, 9.17) is 39.5 Å². The zero-order valence-electron chi connectivity index (χ0n) is 14.2. The number of hydrogen-bond donors (Lipinski definition) is 1. The standard InChI is InChI=1S/C21H18Cl3NO/c1-14-4-2-3-5-20(14)25-12-16-10-18(23)21(19(24)11-16)26-13-15-6-8-17(22)9-7-15/h2-11,25H,12-13H2,1H3. The molecule has 5 heteroatoms. The summed E-state index contributed by atoms with van der Waals surface area (Å²) in [7, 11) is 0. The van der Waals surface area contributed by atoms with Crippen molar-refractivity contribution in [3.63, 3.8) is 0 Å². The second-order valence-electron chi connectivity index (χ2n) is 5.97. The maximum absolute atomic E-state index is 6.38. The van der Waals surface area contributed by atoms with Gasteiger partial charge in [0.2, 0.25) is 0 Å². The Morgan fingerprint density at radius 3 is 2.15 bits per heavy atom. The third kappa shape index (κ3) is 4.85. The van der Waals surface area contributed by atoms with E-state index < -0.39 is 0 Å². The number of nitrogens with one attached hydrogen (secondary N) is 1. The van der Waals surface area contributed by atoms with Crippen LogP contribution in [0.1, 0.15) is 16.7 Å². The summed E-state index contributed by atoms with van der Waals surface area (Å²) in [6.07, 6.45) is 0. The van der Waals surface area contributed by atoms with Gasteiger partial charge >= 0.3 is 0 Å². The number of hydrogen-bond acceptors (Lipinski definition) is 2. The number of benzene rings is 3. The third-order valence-corrected chi connectivity index (χ3v) is 4.80. The van der Waals surface area contributed by atoms with E-state index in [1.54, 1.807) is 0 Å². The monoisotopic (exact) mass is 405 g/mol. The van der Waals surface area contributed by atoms with Crippen LogP contribution in [-0.2, 0) is 13.2 Å². The molecule has 0 unspecified atom stereocenters. The molecule has 3 rings (SSSR count). The summed E-state index contributed by atoms with van der Waals surface area (Å²) in [6, 6.07) is 19.3. The van der Waals surface area contributed by atoms with Gasteiger partial charge in [0.1, 0.15) is 6.61 Å². The van der Waals surface area contributed by atoms with Crippen LogP contribution in [0.2, 0.25) is 15.1 Å². The topological polar surface area (TPSA) is 21.3 Å². The lowest BCUT2D eigenvalue weighted by Gasteiger charge is -2.14. The summed E-state index contributed by atoms with van der Waals surface area (Å²) in [5.74, 6) is 0.489. The highest BCUT2D eigenvalue weighted by Crippen LogP contribution is 2.35. The number of halogens is 3. The third-order valence-electron chi connectivity index (χ3n) is 3.98. The number of para-hydroxylation sites is 1. The molecule has 1 N–H and O–H groups in total. The predicted molar refractivity (Wildman–Crippen MR) is 111 cm³/mol. The number of aryl methyl sites for hydroxylation is 1. The van der Waals surface area contributed by atoms with E-state index >= 15 is 0 Å². The van der Waals surface area contributed by atoms with Crippen molar-refractivity contribution in [1.29, 1.82) is 0 Å². The molecule has 0 heterocycles. The van der Waals surface area contributed by atoms with Gasteiger partial charge in [0.05, 0.1) is 10.0 Å². The first-order valence-electron chi connectivity index (χ1n) is 8.17. The summed E-state index contributed by atoms with van der Waals surface area (Å²) in [5, 5.41) is 5.07. The molecule has 0 aromatic heterocycles. The van der Waals surface area contributed by atoms with Gasteiger partial charge in [-0.2, -0.15) is 0 Å². The quantitative estimate of drug-likeness (QED) is 0.469. The van der Waals surface area contributed by atoms with Crippen LogP contribution < -0.4 is 10.1 Å². The van der Waals surface area contributed by atoms with Gasteiger partial charge in [-0.3, -0.25) is 0 Å². The fourth-order valence-electron chi connectivity index (χ4n) is 2.56. The van der Waals surface area contributed by atoms with Crippen LogP contribution >= 0.6 is 34.8 Å². The smallest absolute Gasteiger partial charge is 0.156 e. The van der Waals surface area contributed by atoms with E-state index in [0.29, 0.717) is 34.0 Å². The van der Waals surface area contributed by atoms with E-state index in [9.17, 15) is 0 Å². The Balaban J connectivity index is 1.67. The summed E-state index contributed by atoms with van der Waals surface area (Å²) in [5.41, 5.74) is 4.25. The molecule has 3 aromatic carbocycles. The van der Waals surface area contributed by atoms with Crippen molar-refractivity contribution in [1.82, 2.24) is 0 Å². The molecule has 0 radical (unpaired) electrons. The van der Waals surface area contributed by atoms with Crippen molar-refractivity contribution < 1.29 is 4.74 Å². The average Bonchev–Trinajstić information content (AvgIpc) is 2.62. The first-order chi connectivity index (χ1) is 12.5. The Bertz CT molecular complexity index is 871. The lowest BCUT2D eigenvalue weighted by atomic mass is 10.1. The van der Waals surface area contributed by atoms with Crippen LogP contribution in [0.5, 0.6) is 5.75 Å². The van der Waals surface area contributed by atoms with Gasteiger partial charge in [-0.25, -0.2) is 0 Å². The van der Waals surface area contributed by atoms with Gasteiger partial charge in [0.15, 0.2) is 5.75 Å². The molecular formula is C21H18Cl3NO. The molecule has 26 heavy (non-hydrogen) atoms. The number of rotatable bonds is 6. The zero-order chi connectivity index (χ0) is 18.5. The molecule has 3 aromatic rings. The van der Waals surface area contributed by atoms with Gasteiger partial charge in [-0.05, 0) is 53.9 Å². The molecule has 0 aliphatic heterocycles. The van der Waals surface area contributed by atoms with Gasteiger partial charge in [-0.15, -0.1) is 0 Å². The molecular weight excluding hydrogens is 389 g/mol. The molecule has 0 aliphatic carbocycles. The van der Waals surface area contributed by atoms with E-state index in [1.807, 2.05) is 54.6 Å². The Hall–Kier alpha value is -1.87. The summed E-state index contributed by atoms with van der Waals surface area (Å²) in [4.78, 5) is 0. The second-order valence-corrected chi connectivity index (χ2v) is 7.22. The van der Waals surface area contributed by atoms with Gasteiger partial charge in [-0.1, -0.05) is 65.1 Å². The summed E-state index contributed by atoms with van der Waals surface area (Å²) >= 11 is 18.7.